The van der Waals surface area contributed by atoms with Gasteiger partial charge in [0.2, 0.25) is 0 Å². The standard InChI is InChI=1S/C17H23N3OS2/c1-13(18-17(21)15-6-4-12-23-15)16(14-5-3-11-22-14)20-9-7-19(2)8-10-20/h3-6,11-13,16H,7-10H2,1-2H3,(H,18,21)/p+2. The first-order valence-electron chi connectivity index (χ1n) is 8.19. The number of quaternary nitrogens is 2. The molecule has 1 amide bonds. The van der Waals surface area contributed by atoms with Crippen molar-refractivity contribution in [2.24, 2.45) is 0 Å². The fourth-order valence-electron chi connectivity index (χ4n) is 3.35. The third-order valence-electron chi connectivity index (χ3n) is 4.64. The molecule has 1 aliphatic heterocycles. The van der Waals surface area contributed by atoms with E-state index in [2.05, 4.69) is 36.8 Å². The number of thiophene rings is 2. The molecule has 23 heavy (non-hydrogen) atoms. The molecule has 0 bridgehead atoms. The van der Waals surface area contributed by atoms with Gasteiger partial charge in [0.25, 0.3) is 5.91 Å². The minimum Gasteiger partial charge on any atom is -0.342 e. The number of carbonyl (C=O) groups excluding carboxylic acids is 1. The van der Waals surface area contributed by atoms with Crippen LogP contribution < -0.4 is 15.1 Å². The highest BCUT2D eigenvalue weighted by molar-refractivity contribution is 7.12. The molecule has 2 aromatic heterocycles. The van der Waals surface area contributed by atoms with E-state index in [1.165, 1.54) is 29.3 Å². The number of hydrogen-bond donors (Lipinski definition) is 3. The van der Waals surface area contributed by atoms with Crippen LogP contribution in [0.4, 0.5) is 0 Å². The monoisotopic (exact) mass is 351 g/mol. The molecule has 4 nitrogen and oxygen atoms in total. The highest BCUT2D eigenvalue weighted by Crippen LogP contribution is 2.20. The van der Waals surface area contributed by atoms with Gasteiger partial charge in [-0.3, -0.25) is 4.79 Å². The summed E-state index contributed by atoms with van der Waals surface area (Å²) < 4.78 is 0. The number of amides is 1. The summed E-state index contributed by atoms with van der Waals surface area (Å²) in [6.07, 6.45) is 0. The molecule has 2 atom stereocenters. The Hall–Kier alpha value is -1.21. The van der Waals surface area contributed by atoms with Crippen molar-refractivity contribution >= 4 is 28.6 Å². The molecule has 6 heteroatoms. The molecule has 3 N–H and O–H groups in total. The third kappa shape index (κ3) is 4.01. The van der Waals surface area contributed by atoms with E-state index in [4.69, 9.17) is 0 Å². The molecule has 0 spiro atoms. The van der Waals surface area contributed by atoms with Crippen molar-refractivity contribution in [3.63, 3.8) is 0 Å². The lowest BCUT2D eigenvalue weighted by atomic mass is 10.0. The zero-order valence-electron chi connectivity index (χ0n) is 13.7. The second-order valence-corrected chi connectivity index (χ2v) is 8.27. The molecule has 0 aromatic carbocycles. The van der Waals surface area contributed by atoms with E-state index in [1.54, 1.807) is 21.1 Å². The van der Waals surface area contributed by atoms with Crippen molar-refractivity contribution in [1.29, 1.82) is 0 Å². The molecule has 124 valence electrons. The Bertz CT molecular complexity index is 604. The molecule has 1 aliphatic rings. The number of rotatable bonds is 5. The summed E-state index contributed by atoms with van der Waals surface area (Å²) in [4.78, 5) is 17.8. The Balaban J connectivity index is 1.74. The molecular weight excluding hydrogens is 326 g/mol. The van der Waals surface area contributed by atoms with Gasteiger partial charge in [-0.25, -0.2) is 0 Å². The predicted molar refractivity (Wildman–Crippen MR) is 95.6 cm³/mol. The van der Waals surface area contributed by atoms with Gasteiger partial charge in [-0.15, -0.1) is 22.7 Å². The van der Waals surface area contributed by atoms with Crippen molar-refractivity contribution in [2.45, 2.75) is 19.0 Å². The summed E-state index contributed by atoms with van der Waals surface area (Å²) in [5.41, 5.74) is 0. The van der Waals surface area contributed by atoms with Gasteiger partial charge in [-0.05, 0) is 29.8 Å². The average molecular weight is 352 g/mol. The van der Waals surface area contributed by atoms with Crippen LogP contribution in [0.2, 0.25) is 0 Å². The van der Waals surface area contributed by atoms with E-state index in [9.17, 15) is 4.79 Å². The fraction of sp³-hybridized carbons (Fsp3) is 0.471. The molecule has 3 heterocycles. The van der Waals surface area contributed by atoms with Gasteiger partial charge < -0.3 is 15.1 Å². The molecule has 0 aliphatic carbocycles. The summed E-state index contributed by atoms with van der Waals surface area (Å²) in [7, 11) is 2.26. The summed E-state index contributed by atoms with van der Waals surface area (Å²) in [6.45, 7) is 6.86. The highest BCUT2D eigenvalue weighted by atomic mass is 32.1. The van der Waals surface area contributed by atoms with E-state index in [0.29, 0.717) is 6.04 Å². The SMILES string of the molecule is CC(NC(=O)c1cccs1)C(c1cccs1)[NH+]1CC[NH+](C)CC1. The van der Waals surface area contributed by atoms with Gasteiger partial charge in [0, 0.05) is 0 Å². The number of piperazine rings is 1. The van der Waals surface area contributed by atoms with Gasteiger partial charge in [-0.2, -0.15) is 0 Å². The summed E-state index contributed by atoms with van der Waals surface area (Å²) in [5, 5.41) is 7.31. The first-order valence-corrected chi connectivity index (χ1v) is 9.94. The van der Waals surface area contributed by atoms with E-state index in [0.717, 1.165) is 18.0 Å². The lowest BCUT2D eigenvalue weighted by Gasteiger charge is -2.35. The van der Waals surface area contributed by atoms with Crippen LogP contribution in [-0.4, -0.2) is 45.2 Å². The Labute approximate surface area is 145 Å². The topological polar surface area (TPSA) is 38.0 Å². The minimum atomic E-state index is 0.0493. The van der Waals surface area contributed by atoms with Crippen LogP contribution in [0, 0.1) is 0 Å². The van der Waals surface area contributed by atoms with E-state index >= 15 is 0 Å². The summed E-state index contributed by atoms with van der Waals surface area (Å²) in [5.74, 6) is 0.0493. The summed E-state index contributed by atoms with van der Waals surface area (Å²) in [6, 6.07) is 8.60. The van der Waals surface area contributed by atoms with Gasteiger partial charge in [0.15, 0.2) is 0 Å². The fourth-order valence-corrected chi connectivity index (χ4v) is 4.96. The molecule has 1 fully saturated rings. The minimum absolute atomic E-state index is 0.0493. The first kappa shape index (κ1) is 16.6. The maximum Gasteiger partial charge on any atom is 0.261 e. The van der Waals surface area contributed by atoms with Crippen LogP contribution in [0.15, 0.2) is 35.0 Å². The van der Waals surface area contributed by atoms with Crippen LogP contribution in [0.1, 0.15) is 27.5 Å². The predicted octanol–water partition coefficient (Wildman–Crippen LogP) is 0.0824. The average Bonchev–Trinajstić information content (AvgIpc) is 3.22. The first-order chi connectivity index (χ1) is 11.1. The normalized spacial score (nSPS) is 24.1. The highest BCUT2D eigenvalue weighted by Gasteiger charge is 2.35. The zero-order chi connectivity index (χ0) is 16.2. The van der Waals surface area contributed by atoms with Crippen LogP contribution in [0.5, 0.6) is 0 Å². The van der Waals surface area contributed by atoms with Gasteiger partial charge in [-0.1, -0.05) is 12.1 Å². The van der Waals surface area contributed by atoms with Crippen molar-refractivity contribution in [1.82, 2.24) is 5.32 Å². The molecule has 2 aromatic rings. The van der Waals surface area contributed by atoms with Crippen LogP contribution >= 0.6 is 22.7 Å². The van der Waals surface area contributed by atoms with Gasteiger partial charge in [0.1, 0.15) is 32.2 Å². The van der Waals surface area contributed by atoms with Crippen LogP contribution in [0.3, 0.4) is 0 Å². The van der Waals surface area contributed by atoms with E-state index in [-0.39, 0.29) is 11.9 Å². The van der Waals surface area contributed by atoms with Crippen molar-refractivity contribution in [3.8, 4) is 0 Å². The number of likely N-dealkylation sites (N-methyl/N-ethyl adjacent to an activating group) is 1. The largest absolute Gasteiger partial charge is 0.342 e. The van der Waals surface area contributed by atoms with E-state index < -0.39 is 0 Å². The van der Waals surface area contributed by atoms with Crippen LogP contribution in [0.25, 0.3) is 0 Å². The molecule has 0 saturated carbocycles. The molecule has 1 saturated heterocycles. The Kier molecular flexibility index (Phi) is 5.48. The Morgan fingerprint density at radius 2 is 1.83 bits per heavy atom. The summed E-state index contributed by atoms with van der Waals surface area (Å²) >= 11 is 3.30. The van der Waals surface area contributed by atoms with Crippen molar-refractivity contribution in [2.75, 3.05) is 33.2 Å². The lowest BCUT2D eigenvalue weighted by Crippen LogP contribution is -3.27. The number of hydrogen-bond acceptors (Lipinski definition) is 3. The Morgan fingerprint density at radius 1 is 1.13 bits per heavy atom. The number of nitrogens with one attached hydrogen (secondary N) is 3. The van der Waals surface area contributed by atoms with Gasteiger partial charge >= 0.3 is 0 Å². The zero-order valence-corrected chi connectivity index (χ0v) is 15.3. The van der Waals surface area contributed by atoms with Crippen molar-refractivity contribution in [3.05, 3.63) is 44.8 Å². The van der Waals surface area contributed by atoms with E-state index in [1.807, 2.05) is 17.5 Å². The van der Waals surface area contributed by atoms with Gasteiger partial charge in [0.05, 0.1) is 22.8 Å². The maximum absolute atomic E-state index is 12.4. The second kappa shape index (κ2) is 7.57. The lowest BCUT2D eigenvalue weighted by molar-refractivity contribution is -1.02. The van der Waals surface area contributed by atoms with Crippen molar-refractivity contribution < 1.29 is 14.6 Å². The second-order valence-electron chi connectivity index (χ2n) is 6.35. The smallest absolute Gasteiger partial charge is 0.261 e. The third-order valence-corrected chi connectivity index (χ3v) is 6.46. The molecular formula is C17H25N3OS2+2. The quantitative estimate of drug-likeness (QED) is 0.701. The number of carbonyl (C=O) groups is 1. The molecule has 3 rings (SSSR count). The van der Waals surface area contributed by atoms with Crippen LogP contribution in [-0.2, 0) is 0 Å². The maximum atomic E-state index is 12.4. The molecule has 0 radical (unpaired) electrons. The molecule has 2 unspecified atom stereocenters. The Morgan fingerprint density at radius 3 is 2.43 bits per heavy atom.